The first-order valence-electron chi connectivity index (χ1n) is 6.71. The van der Waals surface area contributed by atoms with Gasteiger partial charge in [-0.05, 0) is 25.0 Å². The number of anilines is 2. The molecule has 0 aliphatic heterocycles. The summed E-state index contributed by atoms with van der Waals surface area (Å²) >= 11 is 0. The minimum atomic E-state index is 0.603. The molecule has 17 heavy (non-hydrogen) atoms. The van der Waals surface area contributed by atoms with Gasteiger partial charge in [-0.1, -0.05) is 38.8 Å². The summed E-state index contributed by atoms with van der Waals surface area (Å²) in [7, 11) is 4.18. The maximum Gasteiger partial charge on any atom is 0.0596 e. The molecule has 1 aromatic carbocycles. The van der Waals surface area contributed by atoms with Crippen LogP contribution in [0, 0.1) is 0 Å². The molecule has 0 radical (unpaired) electrons. The summed E-state index contributed by atoms with van der Waals surface area (Å²) in [6.45, 7) is 4.50. The van der Waals surface area contributed by atoms with Gasteiger partial charge in [0.1, 0.15) is 0 Å². The highest BCUT2D eigenvalue weighted by Gasteiger charge is 2.09. The monoisotopic (exact) mass is 234 g/mol. The third kappa shape index (κ3) is 4.29. The molecule has 0 heterocycles. The molecule has 0 amide bonds. The predicted octanol–water partition coefficient (Wildman–Crippen LogP) is 4.13. The number of nitrogens with zero attached hydrogens (tertiary/aromatic N) is 1. The van der Waals surface area contributed by atoms with Crippen molar-refractivity contribution in [1.82, 2.24) is 0 Å². The SMILES string of the molecule is CCCC(CCC)Nc1ccccc1N(C)C. The fourth-order valence-electron chi connectivity index (χ4n) is 2.19. The average molecular weight is 234 g/mol. The van der Waals surface area contributed by atoms with Crippen molar-refractivity contribution >= 4 is 11.4 Å². The van der Waals surface area contributed by atoms with Gasteiger partial charge in [-0.15, -0.1) is 0 Å². The molecule has 0 saturated carbocycles. The van der Waals surface area contributed by atoms with Crippen molar-refractivity contribution in [3.8, 4) is 0 Å². The van der Waals surface area contributed by atoms with Crippen LogP contribution in [0.4, 0.5) is 11.4 Å². The van der Waals surface area contributed by atoms with Gasteiger partial charge in [0.05, 0.1) is 11.4 Å². The van der Waals surface area contributed by atoms with E-state index in [0.717, 1.165) is 0 Å². The van der Waals surface area contributed by atoms with Crippen LogP contribution in [0.2, 0.25) is 0 Å². The Morgan fingerprint density at radius 1 is 1.06 bits per heavy atom. The molecule has 0 fully saturated rings. The number of hydrogen-bond donors (Lipinski definition) is 1. The Morgan fingerprint density at radius 3 is 2.18 bits per heavy atom. The molecule has 1 aromatic rings. The normalized spacial score (nSPS) is 10.6. The summed E-state index contributed by atoms with van der Waals surface area (Å²) < 4.78 is 0. The van der Waals surface area contributed by atoms with E-state index in [2.05, 4.69) is 62.4 Å². The smallest absolute Gasteiger partial charge is 0.0596 e. The number of hydrogen-bond acceptors (Lipinski definition) is 2. The fourth-order valence-corrected chi connectivity index (χ4v) is 2.19. The topological polar surface area (TPSA) is 15.3 Å². The quantitative estimate of drug-likeness (QED) is 0.763. The minimum Gasteiger partial charge on any atom is -0.381 e. The van der Waals surface area contributed by atoms with Crippen LogP contribution in [0.5, 0.6) is 0 Å². The van der Waals surface area contributed by atoms with Gasteiger partial charge in [-0.3, -0.25) is 0 Å². The van der Waals surface area contributed by atoms with E-state index in [-0.39, 0.29) is 0 Å². The third-order valence-electron chi connectivity index (χ3n) is 3.02. The van der Waals surface area contributed by atoms with Gasteiger partial charge in [-0.25, -0.2) is 0 Å². The standard InChI is InChI=1S/C15H26N2/c1-5-9-13(10-6-2)16-14-11-7-8-12-15(14)17(3)4/h7-8,11-13,16H,5-6,9-10H2,1-4H3. The molecule has 2 nitrogen and oxygen atoms in total. The van der Waals surface area contributed by atoms with E-state index in [1.165, 1.54) is 37.1 Å². The third-order valence-corrected chi connectivity index (χ3v) is 3.02. The first kappa shape index (κ1) is 13.9. The van der Waals surface area contributed by atoms with E-state index in [0.29, 0.717) is 6.04 Å². The number of para-hydroxylation sites is 2. The Kier molecular flexibility index (Phi) is 5.88. The zero-order valence-electron chi connectivity index (χ0n) is 11.7. The van der Waals surface area contributed by atoms with Crippen molar-refractivity contribution < 1.29 is 0 Å². The summed E-state index contributed by atoms with van der Waals surface area (Å²) in [5, 5.41) is 3.69. The van der Waals surface area contributed by atoms with E-state index in [9.17, 15) is 0 Å². The van der Waals surface area contributed by atoms with E-state index >= 15 is 0 Å². The van der Waals surface area contributed by atoms with E-state index in [1.807, 2.05) is 0 Å². The van der Waals surface area contributed by atoms with Gasteiger partial charge < -0.3 is 10.2 Å². The van der Waals surface area contributed by atoms with Crippen molar-refractivity contribution in [3.63, 3.8) is 0 Å². The predicted molar refractivity (Wildman–Crippen MR) is 78.0 cm³/mol. The summed E-state index contributed by atoms with van der Waals surface area (Å²) in [5.41, 5.74) is 2.52. The summed E-state index contributed by atoms with van der Waals surface area (Å²) in [6.07, 6.45) is 4.97. The molecule has 1 rings (SSSR count). The first-order valence-corrected chi connectivity index (χ1v) is 6.71. The van der Waals surface area contributed by atoms with Crippen LogP contribution in [0.3, 0.4) is 0 Å². The van der Waals surface area contributed by atoms with Crippen LogP contribution >= 0.6 is 0 Å². The van der Waals surface area contributed by atoms with Gasteiger partial charge >= 0.3 is 0 Å². The highest BCUT2D eigenvalue weighted by atomic mass is 15.1. The second-order valence-corrected chi connectivity index (χ2v) is 4.83. The lowest BCUT2D eigenvalue weighted by molar-refractivity contribution is 0.586. The van der Waals surface area contributed by atoms with Crippen molar-refractivity contribution in [3.05, 3.63) is 24.3 Å². The Balaban J connectivity index is 2.77. The molecule has 1 N–H and O–H groups in total. The van der Waals surface area contributed by atoms with Crippen LogP contribution in [0.1, 0.15) is 39.5 Å². The number of rotatable bonds is 7. The maximum absolute atomic E-state index is 3.69. The second-order valence-electron chi connectivity index (χ2n) is 4.83. The van der Waals surface area contributed by atoms with E-state index in [1.54, 1.807) is 0 Å². The zero-order valence-corrected chi connectivity index (χ0v) is 11.7. The van der Waals surface area contributed by atoms with Crippen molar-refractivity contribution in [1.29, 1.82) is 0 Å². The van der Waals surface area contributed by atoms with E-state index < -0.39 is 0 Å². The van der Waals surface area contributed by atoms with Crippen molar-refractivity contribution in [2.24, 2.45) is 0 Å². The first-order chi connectivity index (χ1) is 8.19. The zero-order chi connectivity index (χ0) is 12.7. The molecule has 0 unspecified atom stereocenters. The second kappa shape index (κ2) is 7.21. The number of nitrogens with one attached hydrogen (secondary N) is 1. The van der Waals surface area contributed by atoms with Crippen LogP contribution in [-0.2, 0) is 0 Å². The minimum absolute atomic E-state index is 0.603. The van der Waals surface area contributed by atoms with E-state index in [4.69, 9.17) is 0 Å². The summed E-state index contributed by atoms with van der Waals surface area (Å²) in [5.74, 6) is 0. The molecule has 2 heteroatoms. The lowest BCUT2D eigenvalue weighted by Gasteiger charge is -2.23. The van der Waals surface area contributed by atoms with Crippen LogP contribution in [0.15, 0.2) is 24.3 Å². The highest BCUT2D eigenvalue weighted by molar-refractivity contribution is 5.69. The van der Waals surface area contributed by atoms with Crippen molar-refractivity contribution in [2.45, 2.75) is 45.6 Å². The fraction of sp³-hybridized carbons (Fsp3) is 0.600. The molecule has 96 valence electrons. The van der Waals surface area contributed by atoms with Crippen LogP contribution in [-0.4, -0.2) is 20.1 Å². The Labute approximate surface area is 106 Å². The summed E-state index contributed by atoms with van der Waals surface area (Å²) in [6, 6.07) is 9.13. The van der Waals surface area contributed by atoms with Gasteiger partial charge in [0.25, 0.3) is 0 Å². The molecule has 0 saturated heterocycles. The molecule has 0 atom stereocenters. The molecule has 0 spiro atoms. The lowest BCUT2D eigenvalue weighted by atomic mass is 10.1. The number of benzene rings is 1. The van der Waals surface area contributed by atoms with Gasteiger partial charge in [-0.2, -0.15) is 0 Å². The van der Waals surface area contributed by atoms with Gasteiger partial charge in [0.2, 0.25) is 0 Å². The van der Waals surface area contributed by atoms with Crippen LogP contribution < -0.4 is 10.2 Å². The molecule has 0 bridgehead atoms. The Bertz CT molecular complexity index is 314. The Morgan fingerprint density at radius 2 is 1.65 bits per heavy atom. The molecule has 0 aromatic heterocycles. The van der Waals surface area contributed by atoms with Gasteiger partial charge in [0.15, 0.2) is 0 Å². The molecule has 0 aliphatic rings. The molecular weight excluding hydrogens is 208 g/mol. The Hall–Kier alpha value is -1.18. The lowest BCUT2D eigenvalue weighted by Crippen LogP contribution is -2.21. The molecular formula is C15H26N2. The van der Waals surface area contributed by atoms with Crippen molar-refractivity contribution in [2.75, 3.05) is 24.3 Å². The highest BCUT2D eigenvalue weighted by Crippen LogP contribution is 2.25. The largest absolute Gasteiger partial charge is 0.381 e. The maximum atomic E-state index is 3.69. The summed E-state index contributed by atoms with van der Waals surface area (Å²) in [4.78, 5) is 2.16. The molecule has 0 aliphatic carbocycles. The van der Waals surface area contributed by atoms with Gasteiger partial charge in [0, 0.05) is 20.1 Å². The average Bonchev–Trinajstić information content (AvgIpc) is 2.30. The van der Waals surface area contributed by atoms with Crippen LogP contribution in [0.25, 0.3) is 0 Å².